The topological polar surface area (TPSA) is 55.9 Å². The molecule has 2 aliphatic heterocycles. The Bertz CT molecular complexity index is 637. The minimum absolute atomic E-state index is 0. The second-order valence-electron chi connectivity index (χ2n) is 6.89. The molecule has 2 saturated heterocycles. The van der Waals surface area contributed by atoms with E-state index < -0.39 is 10.0 Å². The van der Waals surface area contributed by atoms with Gasteiger partial charge in [0.15, 0.2) is 0 Å². The van der Waals surface area contributed by atoms with E-state index in [1.807, 2.05) is 12.1 Å². The molecule has 0 spiro atoms. The van der Waals surface area contributed by atoms with Gasteiger partial charge in [-0.15, -0.1) is 12.4 Å². The normalized spacial score (nSPS) is 22.9. The smallest absolute Gasteiger partial charge is 0.242 e. The number of nitrogens with zero attached hydrogens (tertiary/aromatic N) is 3. The Kier molecular flexibility index (Phi) is 7.25. The lowest BCUT2D eigenvalue weighted by Crippen LogP contribution is -2.50. The quantitative estimate of drug-likeness (QED) is 0.810. The fourth-order valence-corrected chi connectivity index (χ4v) is 4.38. The lowest BCUT2D eigenvalue weighted by Gasteiger charge is -2.37. The van der Waals surface area contributed by atoms with Crippen molar-refractivity contribution < 1.29 is 8.42 Å². The van der Waals surface area contributed by atoms with Crippen molar-refractivity contribution in [2.24, 2.45) is 0 Å². The maximum Gasteiger partial charge on any atom is 0.242 e. The van der Waals surface area contributed by atoms with Gasteiger partial charge in [-0.2, -0.15) is 0 Å². The maximum absolute atomic E-state index is 12.1. The molecule has 0 aliphatic carbocycles. The van der Waals surface area contributed by atoms with Crippen LogP contribution in [0, 0.1) is 0 Å². The molecular weight excluding hydrogens is 360 g/mol. The first-order chi connectivity index (χ1) is 11.5. The molecule has 0 radical (unpaired) electrons. The largest absolute Gasteiger partial charge is 0.315 e. The first kappa shape index (κ1) is 20.6. The predicted octanol–water partition coefficient (Wildman–Crippen LogP) is 0.838. The maximum atomic E-state index is 12.1. The van der Waals surface area contributed by atoms with Gasteiger partial charge in [-0.05, 0) is 30.7 Å². The highest BCUT2D eigenvalue weighted by molar-refractivity contribution is 7.89. The number of hydrogen-bond acceptors (Lipinski definition) is 5. The van der Waals surface area contributed by atoms with Gasteiger partial charge in [-0.25, -0.2) is 12.7 Å². The fourth-order valence-electron chi connectivity index (χ4n) is 3.47. The van der Waals surface area contributed by atoms with Crippen LogP contribution in [-0.4, -0.2) is 81.9 Å². The van der Waals surface area contributed by atoms with Crippen molar-refractivity contribution in [1.82, 2.24) is 19.4 Å². The molecule has 0 aromatic heterocycles. The molecule has 2 fully saturated rings. The average Bonchev–Trinajstić information content (AvgIpc) is 3.10. The van der Waals surface area contributed by atoms with E-state index in [0.29, 0.717) is 10.9 Å². The van der Waals surface area contributed by atoms with E-state index in [1.165, 1.54) is 16.3 Å². The van der Waals surface area contributed by atoms with Gasteiger partial charge in [-0.3, -0.25) is 9.80 Å². The van der Waals surface area contributed by atoms with Crippen molar-refractivity contribution >= 4 is 22.4 Å². The Hall–Kier alpha value is -0.700. The second-order valence-corrected chi connectivity index (χ2v) is 9.04. The summed E-state index contributed by atoms with van der Waals surface area (Å²) in [5.41, 5.74) is 1.17. The van der Waals surface area contributed by atoms with Crippen LogP contribution in [0.2, 0.25) is 0 Å². The van der Waals surface area contributed by atoms with E-state index in [4.69, 9.17) is 0 Å². The number of rotatable bonds is 5. The van der Waals surface area contributed by atoms with Crippen molar-refractivity contribution in [3.8, 4) is 0 Å². The molecule has 25 heavy (non-hydrogen) atoms. The van der Waals surface area contributed by atoms with Crippen molar-refractivity contribution in [3.63, 3.8) is 0 Å². The number of benzene rings is 1. The molecule has 2 aliphatic rings. The number of hydrogen-bond donors (Lipinski definition) is 1. The third-order valence-corrected chi connectivity index (χ3v) is 6.90. The number of nitrogens with one attached hydrogen (secondary N) is 1. The van der Waals surface area contributed by atoms with Crippen LogP contribution >= 0.6 is 12.4 Å². The van der Waals surface area contributed by atoms with Gasteiger partial charge >= 0.3 is 0 Å². The van der Waals surface area contributed by atoms with Gasteiger partial charge in [0, 0.05) is 59.4 Å². The summed E-state index contributed by atoms with van der Waals surface area (Å²) in [6, 6.07) is 8.01. The summed E-state index contributed by atoms with van der Waals surface area (Å²) in [4.78, 5) is 5.41. The Labute approximate surface area is 157 Å². The van der Waals surface area contributed by atoms with Crippen molar-refractivity contribution in [1.29, 1.82) is 0 Å². The Balaban J connectivity index is 0.00000225. The molecular formula is C17H29ClN4O2S. The third kappa shape index (κ3) is 4.93. The van der Waals surface area contributed by atoms with Gasteiger partial charge in [0.1, 0.15) is 0 Å². The molecule has 3 rings (SSSR count). The van der Waals surface area contributed by atoms with E-state index >= 15 is 0 Å². The minimum atomic E-state index is -3.34. The van der Waals surface area contributed by atoms with Crippen LogP contribution in [0.15, 0.2) is 29.2 Å². The van der Waals surface area contributed by atoms with Gasteiger partial charge in [0.05, 0.1) is 4.90 Å². The highest BCUT2D eigenvalue weighted by Gasteiger charge is 2.26. The zero-order valence-corrected chi connectivity index (χ0v) is 16.7. The zero-order valence-electron chi connectivity index (χ0n) is 15.0. The van der Waals surface area contributed by atoms with E-state index in [9.17, 15) is 8.42 Å². The van der Waals surface area contributed by atoms with Gasteiger partial charge in [0.2, 0.25) is 10.0 Å². The van der Waals surface area contributed by atoms with Crippen molar-refractivity contribution in [2.75, 3.05) is 53.4 Å². The van der Waals surface area contributed by atoms with Gasteiger partial charge in [0.25, 0.3) is 0 Å². The minimum Gasteiger partial charge on any atom is -0.315 e. The monoisotopic (exact) mass is 388 g/mol. The lowest BCUT2D eigenvalue weighted by atomic mass is 10.1. The first-order valence-corrected chi connectivity index (χ1v) is 10.1. The Morgan fingerprint density at radius 3 is 2.28 bits per heavy atom. The summed E-state index contributed by atoms with van der Waals surface area (Å²) in [6.45, 7) is 7.56. The summed E-state index contributed by atoms with van der Waals surface area (Å²) in [5.74, 6) is 0. The second kappa shape index (κ2) is 8.79. The lowest BCUT2D eigenvalue weighted by molar-refractivity contribution is 0.0981. The van der Waals surface area contributed by atoms with Crippen LogP contribution in [0.3, 0.4) is 0 Å². The molecule has 1 N–H and O–H groups in total. The standard InChI is InChI=1S/C17H28N4O2S.ClH/c1-19(2)24(22,23)17-5-3-15(4-6-17)14-20-9-11-21(12-10-20)16-7-8-18-13-16;/h3-6,16,18H,7-14H2,1-2H3;1H. The van der Waals surface area contributed by atoms with E-state index in [-0.39, 0.29) is 12.4 Å². The molecule has 6 nitrogen and oxygen atoms in total. The summed E-state index contributed by atoms with van der Waals surface area (Å²) < 4.78 is 25.4. The molecule has 0 saturated carbocycles. The highest BCUT2D eigenvalue weighted by atomic mass is 35.5. The zero-order chi connectivity index (χ0) is 17.2. The summed E-state index contributed by atoms with van der Waals surface area (Å²) in [6.07, 6.45) is 1.27. The number of halogens is 1. The molecule has 8 heteroatoms. The fraction of sp³-hybridized carbons (Fsp3) is 0.647. The summed E-state index contributed by atoms with van der Waals surface area (Å²) >= 11 is 0. The van der Waals surface area contributed by atoms with Crippen LogP contribution in [0.1, 0.15) is 12.0 Å². The molecule has 142 valence electrons. The van der Waals surface area contributed by atoms with Crippen LogP contribution < -0.4 is 5.32 Å². The molecule has 1 atom stereocenters. The molecule has 1 aromatic rings. The Morgan fingerprint density at radius 2 is 1.76 bits per heavy atom. The van der Waals surface area contributed by atoms with Crippen LogP contribution in [0.25, 0.3) is 0 Å². The number of piperazine rings is 1. The molecule has 0 amide bonds. The highest BCUT2D eigenvalue weighted by Crippen LogP contribution is 2.17. The van der Waals surface area contributed by atoms with Crippen LogP contribution in [0.4, 0.5) is 0 Å². The van der Waals surface area contributed by atoms with E-state index in [0.717, 1.165) is 45.8 Å². The predicted molar refractivity (Wildman–Crippen MR) is 103 cm³/mol. The molecule has 1 unspecified atom stereocenters. The molecule has 2 heterocycles. The number of sulfonamides is 1. The van der Waals surface area contributed by atoms with Crippen molar-refractivity contribution in [3.05, 3.63) is 29.8 Å². The third-order valence-electron chi connectivity index (χ3n) is 5.07. The van der Waals surface area contributed by atoms with Crippen LogP contribution in [-0.2, 0) is 16.6 Å². The molecule has 0 bridgehead atoms. The SMILES string of the molecule is CN(C)S(=O)(=O)c1ccc(CN2CCN(C3CCNC3)CC2)cc1.Cl. The molecule has 1 aromatic carbocycles. The van der Waals surface area contributed by atoms with Gasteiger partial charge in [-0.1, -0.05) is 12.1 Å². The van der Waals surface area contributed by atoms with E-state index in [2.05, 4.69) is 15.1 Å². The first-order valence-electron chi connectivity index (χ1n) is 8.65. The average molecular weight is 389 g/mol. The van der Waals surface area contributed by atoms with Crippen molar-refractivity contribution in [2.45, 2.75) is 23.9 Å². The van der Waals surface area contributed by atoms with Crippen LogP contribution in [0.5, 0.6) is 0 Å². The Morgan fingerprint density at radius 1 is 1.12 bits per heavy atom. The summed E-state index contributed by atoms with van der Waals surface area (Å²) in [5, 5.41) is 3.44. The van der Waals surface area contributed by atoms with E-state index in [1.54, 1.807) is 26.2 Å². The van der Waals surface area contributed by atoms with Gasteiger partial charge < -0.3 is 5.32 Å². The summed E-state index contributed by atoms with van der Waals surface area (Å²) in [7, 11) is -0.220.